The minimum Gasteiger partial charge on any atom is -0.383 e. The van der Waals surface area contributed by atoms with Gasteiger partial charge in [-0.05, 0) is 12.1 Å². The first-order chi connectivity index (χ1) is 8.13. The van der Waals surface area contributed by atoms with Crippen molar-refractivity contribution < 1.29 is 18.3 Å². The van der Waals surface area contributed by atoms with Gasteiger partial charge in [-0.25, -0.2) is 8.78 Å². The lowest BCUT2D eigenvalue weighted by atomic mass is 10.3. The second kappa shape index (κ2) is 6.80. The third-order valence-electron chi connectivity index (χ3n) is 2.00. The van der Waals surface area contributed by atoms with E-state index in [0.29, 0.717) is 13.2 Å². The summed E-state index contributed by atoms with van der Waals surface area (Å²) in [6, 6.07) is 3.12. The lowest BCUT2D eigenvalue weighted by Gasteiger charge is -2.08. The zero-order chi connectivity index (χ0) is 12.7. The Labute approximate surface area is 98.0 Å². The molecule has 0 unspecified atom stereocenters. The van der Waals surface area contributed by atoms with E-state index in [9.17, 15) is 13.6 Å². The van der Waals surface area contributed by atoms with Crippen LogP contribution in [0.15, 0.2) is 18.2 Å². The molecule has 1 amide bonds. The molecule has 94 valence electrons. The number of benzene rings is 1. The average Bonchev–Trinajstić information content (AvgIpc) is 2.28. The van der Waals surface area contributed by atoms with Crippen LogP contribution in [0.5, 0.6) is 0 Å². The van der Waals surface area contributed by atoms with Crippen LogP contribution in [0.3, 0.4) is 0 Å². The maximum absolute atomic E-state index is 13.2. The van der Waals surface area contributed by atoms with E-state index < -0.39 is 11.6 Å². The second-order valence-corrected chi connectivity index (χ2v) is 3.32. The second-order valence-electron chi connectivity index (χ2n) is 3.32. The van der Waals surface area contributed by atoms with Crippen LogP contribution in [0.1, 0.15) is 0 Å². The molecule has 0 radical (unpaired) electrons. The molecular weight excluding hydrogens is 230 g/mol. The number of nitrogens with one attached hydrogen (secondary N) is 2. The highest BCUT2D eigenvalue weighted by Crippen LogP contribution is 2.14. The first-order valence-corrected chi connectivity index (χ1v) is 5.08. The molecule has 17 heavy (non-hydrogen) atoms. The van der Waals surface area contributed by atoms with E-state index in [4.69, 9.17) is 4.74 Å². The van der Waals surface area contributed by atoms with Gasteiger partial charge in [-0.15, -0.1) is 0 Å². The molecule has 0 aliphatic rings. The summed E-state index contributed by atoms with van der Waals surface area (Å²) < 4.78 is 30.5. The smallest absolute Gasteiger partial charge is 0.239 e. The molecule has 0 fully saturated rings. The Morgan fingerprint density at radius 3 is 2.82 bits per heavy atom. The van der Waals surface area contributed by atoms with Gasteiger partial charge in [0.1, 0.15) is 11.6 Å². The normalized spacial score (nSPS) is 10.1. The van der Waals surface area contributed by atoms with Crippen LogP contribution in [0, 0.1) is 11.6 Å². The molecule has 0 saturated carbocycles. The molecule has 0 saturated heterocycles. The van der Waals surface area contributed by atoms with Crippen molar-refractivity contribution >= 4 is 11.6 Å². The van der Waals surface area contributed by atoms with Crippen molar-refractivity contribution in [3.05, 3.63) is 29.8 Å². The molecule has 1 aromatic carbocycles. The van der Waals surface area contributed by atoms with E-state index in [0.717, 1.165) is 12.1 Å². The SMILES string of the molecule is COCCNC(=O)CNc1ccc(F)cc1F. The fourth-order valence-electron chi connectivity index (χ4n) is 1.16. The maximum Gasteiger partial charge on any atom is 0.239 e. The summed E-state index contributed by atoms with van der Waals surface area (Å²) in [5.41, 5.74) is 0.0910. The van der Waals surface area contributed by atoms with Gasteiger partial charge in [0.15, 0.2) is 0 Å². The van der Waals surface area contributed by atoms with Gasteiger partial charge in [0.05, 0.1) is 18.8 Å². The number of amides is 1. The van der Waals surface area contributed by atoms with Crippen molar-refractivity contribution in [3.63, 3.8) is 0 Å². The lowest BCUT2D eigenvalue weighted by Crippen LogP contribution is -2.32. The number of rotatable bonds is 6. The van der Waals surface area contributed by atoms with Gasteiger partial charge in [0.2, 0.25) is 5.91 Å². The number of ether oxygens (including phenoxy) is 1. The van der Waals surface area contributed by atoms with Crippen LogP contribution in [-0.2, 0) is 9.53 Å². The highest BCUT2D eigenvalue weighted by atomic mass is 19.1. The van der Waals surface area contributed by atoms with Crippen LogP contribution in [0.25, 0.3) is 0 Å². The number of carbonyl (C=O) groups excluding carboxylic acids is 1. The Hall–Kier alpha value is -1.69. The third kappa shape index (κ3) is 4.78. The number of hydrogen-bond acceptors (Lipinski definition) is 3. The molecule has 4 nitrogen and oxygen atoms in total. The third-order valence-corrected chi connectivity index (χ3v) is 2.00. The molecule has 1 aromatic rings. The van der Waals surface area contributed by atoms with Gasteiger partial charge in [0.25, 0.3) is 0 Å². The summed E-state index contributed by atoms with van der Waals surface area (Å²) in [7, 11) is 1.53. The Bertz CT molecular complexity index is 386. The van der Waals surface area contributed by atoms with Gasteiger partial charge in [-0.3, -0.25) is 4.79 Å². The number of carbonyl (C=O) groups is 1. The molecule has 0 heterocycles. The van der Waals surface area contributed by atoms with Crippen LogP contribution >= 0.6 is 0 Å². The maximum atomic E-state index is 13.2. The van der Waals surface area contributed by atoms with Crippen molar-refractivity contribution in [1.29, 1.82) is 0 Å². The summed E-state index contributed by atoms with van der Waals surface area (Å²) in [6.07, 6.45) is 0. The first-order valence-electron chi connectivity index (χ1n) is 5.08. The number of anilines is 1. The van der Waals surface area contributed by atoms with Crippen molar-refractivity contribution in [3.8, 4) is 0 Å². The largest absolute Gasteiger partial charge is 0.383 e. The van der Waals surface area contributed by atoms with E-state index in [2.05, 4.69) is 10.6 Å². The van der Waals surface area contributed by atoms with Gasteiger partial charge in [-0.2, -0.15) is 0 Å². The van der Waals surface area contributed by atoms with Gasteiger partial charge >= 0.3 is 0 Å². The molecule has 0 aliphatic carbocycles. The summed E-state index contributed by atoms with van der Waals surface area (Å²) in [5.74, 6) is -1.67. The minimum absolute atomic E-state index is 0.0771. The quantitative estimate of drug-likeness (QED) is 0.738. The van der Waals surface area contributed by atoms with E-state index in [1.165, 1.54) is 13.2 Å². The van der Waals surface area contributed by atoms with Crippen LogP contribution in [0.4, 0.5) is 14.5 Å². The number of halogens is 2. The van der Waals surface area contributed by atoms with Crippen molar-refractivity contribution in [2.24, 2.45) is 0 Å². The van der Waals surface area contributed by atoms with Gasteiger partial charge in [-0.1, -0.05) is 0 Å². The predicted molar refractivity (Wildman–Crippen MR) is 59.7 cm³/mol. The zero-order valence-corrected chi connectivity index (χ0v) is 9.43. The molecule has 2 N–H and O–H groups in total. The predicted octanol–water partition coefficient (Wildman–Crippen LogP) is 1.14. The topological polar surface area (TPSA) is 50.4 Å². The zero-order valence-electron chi connectivity index (χ0n) is 9.43. The van der Waals surface area contributed by atoms with E-state index >= 15 is 0 Å². The van der Waals surface area contributed by atoms with Crippen molar-refractivity contribution in [2.75, 3.05) is 32.1 Å². The van der Waals surface area contributed by atoms with Gasteiger partial charge in [0, 0.05) is 19.7 Å². The number of hydrogen-bond donors (Lipinski definition) is 2. The van der Waals surface area contributed by atoms with Crippen LogP contribution in [0.2, 0.25) is 0 Å². The monoisotopic (exact) mass is 244 g/mol. The highest BCUT2D eigenvalue weighted by Gasteiger charge is 2.05. The average molecular weight is 244 g/mol. The standard InChI is InChI=1S/C11H14F2N2O2/c1-17-5-4-14-11(16)7-15-10-3-2-8(12)6-9(10)13/h2-3,6,15H,4-5,7H2,1H3,(H,14,16). The summed E-state index contributed by atoms with van der Waals surface area (Å²) in [5, 5.41) is 5.13. The van der Waals surface area contributed by atoms with Crippen molar-refractivity contribution in [2.45, 2.75) is 0 Å². The molecule has 0 aromatic heterocycles. The van der Waals surface area contributed by atoms with Gasteiger partial charge < -0.3 is 15.4 Å². The fraction of sp³-hybridized carbons (Fsp3) is 0.364. The Balaban J connectivity index is 2.37. The molecule has 0 aliphatic heterocycles. The van der Waals surface area contributed by atoms with Crippen molar-refractivity contribution in [1.82, 2.24) is 5.32 Å². The van der Waals surface area contributed by atoms with E-state index in [1.54, 1.807) is 0 Å². The first kappa shape index (κ1) is 13.4. The summed E-state index contributed by atoms with van der Waals surface area (Å²) >= 11 is 0. The molecule has 0 bridgehead atoms. The molecular formula is C11H14F2N2O2. The Morgan fingerprint density at radius 1 is 1.41 bits per heavy atom. The highest BCUT2D eigenvalue weighted by molar-refractivity contribution is 5.80. The Kier molecular flexibility index (Phi) is 5.35. The molecule has 0 atom stereocenters. The molecule has 6 heteroatoms. The van der Waals surface area contributed by atoms with Crippen LogP contribution in [-0.4, -0.2) is 32.7 Å². The molecule has 0 spiro atoms. The van der Waals surface area contributed by atoms with Crippen LogP contribution < -0.4 is 10.6 Å². The van der Waals surface area contributed by atoms with E-state index in [1.807, 2.05) is 0 Å². The summed E-state index contributed by atoms with van der Waals surface area (Å²) in [4.78, 5) is 11.2. The van der Waals surface area contributed by atoms with E-state index in [-0.39, 0.29) is 18.1 Å². The minimum atomic E-state index is -0.727. The summed E-state index contributed by atoms with van der Waals surface area (Å²) in [6.45, 7) is 0.728. The Morgan fingerprint density at radius 2 is 2.18 bits per heavy atom. The lowest BCUT2D eigenvalue weighted by molar-refractivity contribution is -0.119. The fourth-order valence-corrected chi connectivity index (χ4v) is 1.16. The molecule has 1 rings (SSSR count). The number of methoxy groups -OCH3 is 1.